The number of nitrogen functional groups attached to an aromatic ring is 1. The quantitative estimate of drug-likeness (QED) is 0.808. The van der Waals surface area contributed by atoms with E-state index >= 15 is 0 Å². The summed E-state index contributed by atoms with van der Waals surface area (Å²) in [6.07, 6.45) is 4.34. The minimum Gasteiger partial charge on any atom is -0.381 e. The van der Waals surface area contributed by atoms with Gasteiger partial charge < -0.3 is 15.4 Å². The molecule has 2 aromatic rings. The van der Waals surface area contributed by atoms with Crippen molar-refractivity contribution < 1.29 is 4.74 Å². The summed E-state index contributed by atoms with van der Waals surface area (Å²) in [6, 6.07) is 2.08. The molecule has 2 aliphatic heterocycles. The highest BCUT2D eigenvalue weighted by atomic mass is 16.5. The molecule has 0 aliphatic carbocycles. The lowest BCUT2D eigenvalue weighted by molar-refractivity contribution is 0.193. The smallest absolute Gasteiger partial charge is 0.222 e. The largest absolute Gasteiger partial charge is 0.381 e. The summed E-state index contributed by atoms with van der Waals surface area (Å²) in [5, 5.41) is 4.15. The van der Waals surface area contributed by atoms with Crippen molar-refractivity contribution in [3.63, 3.8) is 0 Å². The third-order valence-corrected chi connectivity index (χ3v) is 4.91. The van der Waals surface area contributed by atoms with Crippen molar-refractivity contribution in [2.75, 3.05) is 56.6 Å². The van der Waals surface area contributed by atoms with Gasteiger partial charge in [-0.3, -0.25) is 9.58 Å². The molecule has 9 heteroatoms. The zero-order valence-electron chi connectivity index (χ0n) is 14.3. The number of nitrogens with zero attached hydrogens (tertiary/aromatic N) is 7. The van der Waals surface area contributed by atoms with Crippen LogP contribution >= 0.6 is 0 Å². The fraction of sp³-hybridized carbons (Fsp3) is 0.625. The first-order valence-electron chi connectivity index (χ1n) is 8.80. The van der Waals surface area contributed by atoms with E-state index in [0.29, 0.717) is 11.9 Å². The third kappa shape index (κ3) is 3.88. The van der Waals surface area contributed by atoms with Crippen LogP contribution in [-0.4, -0.2) is 75.6 Å². The van der Waals surface area contributed by atoms with Gasteiger partial charge >= 0.3 is 0 Å². The Bertz CT molecular complexity index is 677. The van der Waals surface area contributed by atoms with Gasteiger partial charge in [-0.15, -0.1) is 0 Å². The van der Waals surface area contributed by atoms with Gasteiger partial charge in [0.2, 0.25) is 5.95 Å². The van der Waals surface area contributed by atoms with E-state index in [1.165, 1.54) is 0 Å². The van der Waals surface area contributed by atoms with Crippen molar-refractivity contribution in [3.05, 3.63) is 24.4 Å². The number of ether oxygens (including phenoxy) is 1. The molecule has 2 saturated heterocycles. The number of piperazine rings is 1. The average Bonchev–Trinajstić information content (AvgIpc) is 3.33. The van der Waals surface area contributed by atoms with E-state index in [1.54, 1.807) is 12.7 Å². The lowest BCUT2D eigenvalue weighted by Gasteiger charge is -2.35. The van der Waals surface area contributed by atoms with Crippen LogP contribution in [0.1, 0.15) is 18.0 Å². The molecule has 1 atom stereocenters. The number of aromatic nitrogens is 5. The predicted molar refractivity (Wildman–Crippen MR) is 93.3 cm³/mol. The minimum atomic E-state index is 0.341. The molecular formula is C16H24N8O. The highest BCUT2D eigenvalue weighted by molar-refractivity contribution is 5.45. The predicted octanol–water partition coefficient (Wildman–Crippen LogP) is -0.0236. The normalized spacial score (nSPS) is 21.8. The van der Waals surface area contributed by atoms with Gasteiger partial charge in [0, 0.05) is 51.3 Å². The molecule has 0 saturated carbocycles. The Hall–Kier alpha value is -2.26. The summed E-state index contributed by atoms with van der Waals surface area (Å²) in [4.78, 5) is 17.6. The molecule has 4 heterocycles. The van der Waals surface area contributed by atoms with Crippen molar-refractivity contribution in [1.82, 2.24) is 29.6 Å². The summed E-state index contributed by atoms with van der Waals surface area (Å²) >= 11 is 0. The Balaban J connectivity index is 1.35. The van der Waals surface area contributed by atoms with E-state index in [2.05, 4.69) is 35.9 Å². The van der Waals surface area contributed by atoms with Crippen LogP contribution in [-0.2, 0) is 11.3 Å². The van der Waals surface area contributed by atoms with Gasteiger partial charge in [0.05, 0.1) is 18.8 Å². The SMILES string of the molecule is Nc1nc([C@H]2CCOC2)cc(N2CCN(CCn3cncn3)CC2)n1. The molecule has 25 heavy (non-hydrogen) atoms. The topological polar surface area (TPSA) is 98.2 Å². The molecule has 2 aromatic heterocycles. The first-order valence-corrected chi connectivity index (χ1v) is 8.80. The number of hydrogen-bond acceptors (Lipinski definition) is 8. The molecule has 9 nitrogen and oxygen atoms in total. The summed E-state index contributed by atoms with van der Waals surface area (Å²) in [5.41, 5.74) is 6.96. The van der Waals surface area contributed by atoms with Crippen molar-refractivity contribution in [1.29, 1.82) is 0 Å². The first kappa shape index (κ1) is 16.2. The molecule has 0 radical (unpaired) electrons. The van der Waals surface area contributed by atoms with E-state index in [-0.39, 0.29) is 0 Å². The Morgan fingerprint density at radius 3 is 2.76 bits per heavy atom. The van der Waals surface area contributed by atoms with Crippen LogP contribution in [0.5, 0.6) is 0 Å². The molecule has 0 amide bonds. The van der Waals surface area contributed by atoms with E-state index < -0.39 is 0 Å². The molecule has 4 rings (SSSR count). The number of nitrogens with two attached hydrogens (primary N) is 1. The highest BCUT2D eigenvalue weighted by Crippen LogP contribution is 2.27. The fourth-order valence-corrected chi connectivity index (χ4v) is 3.40. The maximum Gasteiger partial charge on any atom is 0.222 e. The van der Waals surface area contributed by atoms with E-state index in [0.717, 1.165) is 70.4 Å². The van der Waals surface area contributed by atoms with Gasteiger partial charge in [0.25, 0.3) is 0 Å². The number of anilines is 2. The van der Waals surface area contributed by atoms with Crippen LogP contribution in [0.15, 0.2) is 18.7 Å². The maximum atomic E-state index is 5.95. The molecule has 2 aliphatic rings. The monoisotopic (exact) mass is 344 g/mol. The van der Waals surface area contributed by atoms with Crippen molar-refractivity contribution in [2.24, 2.45) is 0 Å². The Labute approximate surface area is 146 Å². The lowest BCUT2D eigenvalue weighted by atomic mass is 10.0. The van der Waals surface area contributed by atoms with Crippen LogP contribution in [0.3, 0.4) is 0 Å². The molecule has 0 spiro atoms. The highest BCUT2D eigenvalue weighted by Gasteiger charge is 2.23. The molecular weight excluding hydrogens is 320 g/mol. The molecule has 2 fully saturated rings. The van der Waals surface area contributed by atoms with Gasteiger partial charge in [-0.1, -0.05) is 0 Å². The van der Waals surface area contributed by atoms with Crippen LogP contribution in [0, 0.1) is 0 Å². The zero-order valence-corrected chi connectivity index (χ0v) is 14.3. The van der Waals surface area contributed by atoms with Crippen molar-refractivity contribution in [3.8, 4) is 0 Å². The summed E-state index contributed by atoms with van der Waals surface area (Å²) in [6.45, 7) is 7.25. The second-order valence-electron chi connectivity index (χ2n) is 6.56. The summed E-state index contributed by atoms with van der Waals surface area (Å²) in [7, 11) is 0. The van der Waals surface area contributed by atoms with E-state index in [9.17, 15) is 0 Å². The Morgan fingerprint density at radius 2 is 2.04 bits per heavy atom. The van der Waals surface area contributed by atoms with Crippen LogP contribution in [0.4, 0.5) is 11.8 Å². The first-order chi connectivity index (χ1) is 12.3. The molecule has 0 unspecified atom stereocenters. The molecule has 0 aromatic carbocycles. The summed E-state index contributed by atoms with van der Waals surface area (Å²) < 4.78 is 7.34. The van der Waals surface area contributed by atoms with Gasteiger partial charge in [0.1, 0.15) is 18.5 Å². The van der Waals surface area contributed by atoms with E-state index in [4.69, 9.17) is 10.5 Å². The van der Waals surface area contributed by atoms with Gasteiger partial charge in [0.15, 0.2) is 0 Å². The fourth-order valence-electron chi connectivity index (χ4n) is 3.40. The zero-order chi connectivity index (χ0) is 17.1. The van der Waals surface area contributed by atoms with Crippen LogP contribution in [0.2, 0.25) is 0 Å². The second-order valence-corrected chi connectivity index (χ2v) is 6.56. The van der Waals surface area contributed by atoms with Crippen molar-refractivity contribution >= 4 is 11.8 Å². The molecule has 0 bridgehead atoms. The van der Waals surface area contributed by atoms with Gasteiger partial charge in [-0.2, -0.15) is 10.1 Å². The number of hydrogen-bond donors (Lipinski definition) is 1. The van der Waals surface area contributed by atoms with Gasteiger partial charge in [-0.05, 0) is 6.42 Å². The summed E-state index contributed by atoms with van der Waals surface area (Å²) in [5.74, 6) is 1.63. The Kier molecular flexibility index (Phi) is 4.75. The Morgan fingerprint density at radius 1 is 1.16 bits per heavy atom. The maximum absolute atomic E-state index is 5.95. The van der Waals surface area contributed by atoms with Crippen LogP contribution in [0.25, 0.3) is 0 Å². The molecule has 134 valence electrons. The molecule has 2 N–H and O–H groups in total. The van der Waals surface area contributed by atoms with Crippen molar-refractivity contribution in [2.45, 2.75) is 18.9 Å². The number of rotatable bonds is 5. The minimum absolute atomic E-state index is 0.341. The average molecular weight is 344 g/mol. The van der Waals surface area contributed by atoms with E-state index in [1.807, 2.05) is 4.68 Å². The van der Waals surface area contributed by atoms with Gasteiger partial charge in [-0.25, -0.2) is 9.97 Å². The standard InChI is InChI=1S/C16H24N8O/c17-16-20-14(13-1-8-25-10-13)9-15(21-16)23-5-2-22(3-6-23)4-7-24-12-18-11-19-24/h9,11-13H,1-8,10H2,(H2,17,20,21)/t13-/m0/s1. The lowest BCUT2D eigenvalue weighted by Crippen LogP contribution is -2.47. The second kappa shape index (κ2) is 7.32. The van der Waals surface area contributed by atoms with Crippen LogP contribution < -0.4 is 10.6 Å². The third-order valence-electron chi connectivity index (χ3n) is 4.91.